The van der Waals surface area contributed by atoms with Gasteiger partial charge in [-0.2, -0.15) is 0 Å². The number of nitrogens with one attached hydrogen (secondary N) is 1. The molecular weight excluding hydrogens is 334 g/mol. The molecule has 27 heavy (non-hydrogen) atoms. The molecule has 2 aromatic carbocycles. The molecule has 144 valence electrons. The maximum atomic E-state index is 12.2. The van der Waals surface area contributed by atoms with E-state index < -0.39 is 0 Å². The number of hydrogen-bond acceptors (Lipinski definition) is 3. The highest BCUT2D eigenvalue weighted by Crippen LogP contribution is 2.23. The molecule has 1 heterocycles. The predicted molar refractivity (Wildman–Crippen MR) is 114 cm³/mol. The Hall–Kier alpha value is -2.33. The second-order valence-electron chi connectivity index (χ2n) is 7.40. The van der Waals surface area contributed by atoms with E-state index in [1.807, 2.05) is 12.1 Å². The zero-order chi connectivity index (χ0) is 19.2. The molecule has 4 heteroatoms. The first-order valence-corrected chi connectivity index (χ1v) is 9.99. The molecule has 1 saturated heterocycles. The third kappa shape index (κ3) is 5.10. The number of hydrogen-bond donors (Lipinski definition) is 1. The molecule has 1 fully saturated rings. The van der Waals surface area contributed by atoms with Crippen molar-refractivity contribution < 1.29 is 4.79 Å². The molecule has 0 spiro atoms. The molecular formula is C23H31N3O. The van der Waals surface area contributed by atoms with Gasteiger partial charge in [0.1, 0.15) is 0 Å². The Morgan fingerprint density at radius 1 is 1.00 bits per heavy atom. The van der Waals surface area contributed by atoms with Crippen molar-refractivity contribution in [1.29, 1.82) is 0 Å². The summed E-state index contributed by atoms with van der Waals surface area (Å²) in [5.74, 6) is 0.0937. The molecule has 0 bridgehead atoms. The largest absolute Gasteiger partial charge is 0.369 e. The molecule has 1 aliphatic heterocycles. The lowest BCUT2D eigenvalue weighted by Gasteiger charge is -2.37. The topological polar surface area (TPSA) is 35.6 Å². The fourth-order valence-corrected chi connectivity index (χ4v) is 3.60. The van der Waals surface area contributed by atoms with Crippen molar-refractivity contribution in [3.8, 4) is 0 Å². The number of aryl methyl sites for hydroxylation is 2. The van der Waals surface area contributed by atoms with Crippen LogP contribution in [0.1, 0.15) is 30.0 Å². The monoisotopic (exact) mass is 365 g/mol. The average molecular weight is 366 g/mol. The Bertz CT molecular complexity index is 762. The van der Waals surface area contributed by atoms with Gasteiger partial charge in [0.15, 0.2) is 0 Å². The van der Waals surface area contributed by atoms with Crippen molar-refractivity contribution in [3.63, 3.8) is 0 Å². The first-order chi connectivity index (χ1) is 13.1. The molecule has 3 rings (SSSR count). The van der Waals surface area contributed by atoms with Crippen molar-refractivity contribution in [2.45, 2.75) is 33.6 Å². The minimum absolute atomic E-state index is 0.0937. The fraction of sp³-hybridized carbons (Fsp3) is 0.435. The van der Waals surface area contributed by atoms with Gasteiger partial charge in [-0.15, -0.1) is 0 Å². The van der Waals surface area contributed by atoms with Gasteiger partial charge in [0.25, 0.3) is 0 Å². The Morgan fingerprint density at radius 2 is 1.70 bits per heavy atom. The molecule has 0 saturated carbocycles. The third-order valence-electron chi connectivity index (χ3n) is 5.59. The Kier molecular flexibility index (Phi) is 6.51. The number of rotatable bonds is 6. The van der Waals surface area contributed by atoms with Crippen LogP contribution in [0, 0.1) is 13.8 Å². The standard InChI is InChI=1S/C23H31N3O/c1-4-20-8-10-21(11-9-20)24-23(27)12-13-25-14-16-26(17-15-25)22-7-5-6-18(2)19(22)3/h5-11H,4,12-17H2,1-3H3,(H,24,27). The van der Waals surface area contributed by atoms with Crippen LogP contribution in [0.25, 0.3) is 0 Å². The third-order valence-corrected chi connectivity index (χ3v) is 5.59. The number of carbonyl (C=O) groups excluding carboxylic acids is 1. The molecule has 0 aromatic heterocycles. The quantitative estimate of drug-likeness (QED) is 0.840. The SMILES string of the molecule is CCc1ccc(NC(=O)CCN2CCN(c3cccc(C)c3C)CC2)cc1. The summed E-state index contributed by atoms with van der Waals surface area (Å²) in [6.07, 6.45) is 1.56. The summed E-state index contributed by atoms with van der Waals surface area (Å²) >= 11 is 0. The van der Waals surface area contributed by atoms with Gasteiger partial charge in [-0.1, -0.05) is 31.2 Å². The number of piperazine rings is 1. The van der Waals surface area contributed by atoms with Crippen LogP contribution in [0.15, 0.2) is 42.5 Å². The van der Waals surface area contributed by atoms with Gasteiger partial charge in [-0.3, -0.25) is 9.69 Å². The lowest BCUT2D eigenvalue weighted by atomic mass is 10.1. The van der Waals surface area contributed by atoms with Crippen molar-refractivity contribution in [1.82, 2.24) is 4.90 Å². The number of nitrogens with zero attached hydrogens (tertiary/aromatic N) is 2. The molecule has 0 atom stereocenters. The Labute approximate surface area is 163 Å². The normalized spacial score (nSPS) is 15.0. The van der Waals surface area contributed by atoms with Gasteiger partial charge >= 0.3 is 0 Å². The fourth-order valence-electron chi connectivity index (χ4n) is 3.60. The molecule has 0 aliphatic carbocycles. The van der Waals surface area contributed by atoms with Crippen molar-refractivity contribution in [2.24, 2.45) is 0 Å². The van der Waals surface area contributed by atoms with E-state index in [2.05, 4.69) is 66.2 Å². The summed E-state index contributed by atoms with van der Waals surface area (Å²) in [4.78, 5) is 17.1. The second-order valence-corrected chi connectivity index (χ2v) is 7.40. The number of benzene rings is 2. The maximum Gasteiger partial charge on any atom is 0.225 e. The summed E-state index contributed by atoms with van der Waals surface area (Å²) in [6, 6.07) is 14.6. The zero-order valence-corrected chi connectivity index (χ0v) is 16.8. The minimum Gasteiger partial charge on any atom is -0.369 e. The molecule has 2 aromatic rings. The van der Waals surface area contributed by atoms with E-state index in [0.29, 0.717) is 6.42 Å². The lowest BCUT2D eigenvalue weighted by Crippen LogP contribution is -2.47. The van der Waals surface area contributed by atoms with Crippen LogP contribution in [0.2, 0.25) is 0 Å². The van der Waals surface area contributed by atoms with Gasteiger partial charge in [-0.05, 0) is 55.2 Å². The summed E-state index contributed by atoms with van der Waals surface area (Å²) in [5, 5.41) is 3.01. The van der Waals surface area contributed by atoms with E-state index in [1.54, 1.807) is 0 Å². The summed E-state index contributed by atoms with van der Waals surface area (Å²) in [7, 11) is 0. The van der Waals surface area contributed by atoms with Crippen molar-refractivity contribution in [2.75, 3.05) is 42.9 Å². The Balaban J connectivity index is 1.43. The Morgan fingerprint density at radius 3 is 2.37 bits per heavy atom. The highest BCUT2D eigenvalue weighted by molar-refractivity contribution is 5.90. The molecule has 1 aliphatic rings. The van der Waals surface area contributed by atoms with Crippen molar-refractivity contribution >= 4 is 17.3 Å². The van der Waals surface area contributed by atoms with E-state index in [0.717, 1.165) is 44.8 Å². The molecule has 0 radical (unpaired) electrons. The molecule has 4 nitrogen and oxygen atoms in total. The maximum absolute atomic E-state index is 12.2. The van der Waals surface area contributed by atoms with Crippen LogP contribution in [0.5, 0.6) is 0 Å². The van der Waals surface area contributed by atoms with Gasteiger partial charge in [0.05, 0.1) is 0 Å². The highest BCUT2D eigenvalue weighted by atomic mass is 16.1. The molecule has 1 amide bonds. The second kappa shape index (κ2) is 9.05. The summed E-state index contributed by atoms with van der Waals surface area (Å²) < 4.78 is 0. The zero-order valence-electron chi connectivity index (χ0n) is 16.8. The van der Waals surface area contributed by atoms with Gasteiger partial charge in [0, 0.05) is 50.5 Å². The van der Waals surface area contributed by atoms with E-state index in [9.17, 15) is 4.79 Å². The van der Waals surface area contributed by atoms with Crippen LogP contribution in [-0.4, -0.2) is 43.5 Å². The van der Waals surface area contributed by atoms with Crippen LogP contribution < -0.4 is 10.2 Å². The first kappa shape index (κ1) is 19.4. The van der Waals surface area contributed by atoms with Crippen LogP contribution in [0.3, 0.4) is 0 Å². The minimum atomic E-state index is 0.0937. The van der Waals surface area contributed by atoms with E-state index in [1.165, 1.54) is 22.4 Å². The molecule has 0 unspecified atom stereocenters. The van der Waals surface area contributed by atoms with E-state index in [-0.39, 0.29) is 5.91 Å². The van der Waals surface area contributed by atoms with Gasteiger partial charge < -0.3 is 10.2 Å². The van der Waals surface area contributed by atoms with Gasteiger partial charge in [0.2, 0.25) is 5.91 Å². The van der Waals surface area contributed by atoms with E-state index >= 15 is 0 Å². The van der Waals surface area contributed by atoms with Crippen LogP contribution in [-0.2, 0) is 11.2 Å². The number of carbonyl (C=O) groups is 1. The number of anilines is 2. The first-order valence-electron chi connectivity index (χ1n) is 9.99. The summed E-state index contributed by atoms with van der Waals surface area (Å²) in [5.41, 5.74) is 6.24. The van der Waals surface area contributed by atoms with Gasteiger partial charge in [-0.25, -0.2) is 0 Å². The lowest BCUT2D eigenvalue weighted by molar-refractivity contribution is -0.116. The number of amides is 1. The summed E-state index contributed by atoms with van der Waals surface area (Å²) in [6.45, 7) is 11.4. The average Bonchev–Trinajstić information content (AvgIpc) is 2.69. The molecule has 1 N–H and O–H groups in total. The smallest absolute Gasteiger partial charge is 0.225 e. The predicted octanol–water partition coefficient (Wildman–Crippen LogP) is 4.02. The van der Waals surface area contributed by atoms with E-state index in [4.69, 9.17) is 0 Å². The van der Waals surface area contributed by atoms with Crippen LogP contribution >= 0.6 is 0 Å². The van der Waals surface area contributed by atoms with Crippen molar-refractivity contribution in [3.05, 3.63) is 59.2 Å². The van der Waals surface area contributed by atoms with Crippen LogP contribution in [0.4, 0.5) is 11.4 Å². The highest BCUT2D eigenvalue weighted by Gasteiger charge is 2.19.